The fraction of sp³-hybridized carbons (Fsp3) is 0.545. The molecule has 7 unspecified atom stereocenters. The molecule has 0 bridgehead atoms. The lowest BCUT2D eigenvalue weighted by Crippen LogP contribution is -2.46. The molecule has 0 saturated carbocycles. The van der Waals surface area contributed by atoms with Crippen LogP contribution in [0, 0.1) is 11.8 Å². The summed E-state index contributed by atoms with van der Waals surface area (Å²) >= 11 is 0. The van der Waals surface area contributed by atoms with Gasteiger partial charge in [-0.05, 0) is 39.3 Å². The molecule has 2 aliphatic heterocycles. The van der Waals surface area contributed by atoms with Crippen molar-refractivity contribution in [3.05, 3.63) is 34.9 Å². The van der Waals surface area contributed by atoms with Gasteiger partial charge in [0.15, 0.2) is 23.6 Å². The molecule has 2 aliphatic carbocycles. The van der Waals surface area contributed by atoms with Crippen molar-refractivity contribution in [2.24, 2.45) is 11.8 Å². The third-order valence-electron chi connectivity index (χ3n) is 6.60. The second-order valence-corrected chi connectivity index (χ2v) is 8.51. The van der Waals surface area contributed by atoms with Crippen LogP contribution in [0.25, 0.3) is 0 Å². The zero-order valence-corrected chi connectivity index (χ0v) is 17.5. The van der Waals surface area contributed by atoms with Gasteiger partial charge in [-0.3, -0.25) is 9.59 Å². The van der Waals surface area contributed by atoms with Gasteiger partial charge in [-0.2, -0.15) is 0 Å². The lowest BCUT2D eigenvalue weighted by atomic mass is 9.82. The lowest BCUT2D eigenvalue weighted by molar-refractivity contribution is -0.172. The predicted molar refractivity (Wildman–Crippen MR) is 102 cm³/mol. The minimum absolute atomic E-state index is 0.117. The van der Waals surface area contributed by atoms with Crippen LogP contribution in [0.5, 0.6) is 0 Å². The Morgan fingerprint density at radius 3 is 2.40 bits per heavy atom. The first-order chi connectivity index (χ1) is 14.0. The van der Waals surface area contributed by atoms with Gasteiger partial charge >= 0.3 is 17.9 Å². The molecule has 2 saturated heterocycles. The van der Waals surface area contributed by atoms with Crippen LogP contribution in [-0.2, 0) is 38.1 Å². The number of hydrogen-bond acceptors (Lipinski definition) is 8. The van der Waals surface area contributed by atoms with Gasteiger partial charge in [0.25, 0.3) is 0 Å². The summed E-state index contributed by atoms with van der Waals surface area (Å²) in [5.41, 5.74) is 0.601. The van der Waals surface area contributed by atoms with Gasteiger partial charge in [0.2, 0.25) is 0 Å². The summed E-state index contributed by atoms with van der Waals surface area (Å²) in [5, 5.41) is 0. The molecule has 8 heteroatoms. The number of ketones is 1. The van der Waals surface area contributed by atoms with E-state index in [1.165, 1.54) is 13.0 Å². The second kappa shape index (κ2) is 6.63. The average molecular weight is 416 g/mol. The highest BCUT2D eigenvalue weighted by molar-refractivity contribution is 6.09. The van der Waals surface area contributed by atoms with Crippen molar-refractivity contribution in [1.82, 2.24) is 0 Å². The Kier molecular flexibility index (Phi) is 4.54. The Bertz CT molecular complexity index is 956. The van der Waals surface area contributed by atoms with E-state index in [9.17, 15) is 19.2 Å². The summed E-state index contributed by atoms with van der Waals surface area (Å²) in [6, 6.07) is 0. The summed E-state index contributed by atoms with van der Waals surface area (Å²) in [4.78, 5) is 49.9. The third-order valence-corrected chi connectivity index (χ3v) is 6.60. The van der Waals surface area contributed by atoms with Gasteiger partial charge in [-0.15, -0.1) is 0 Å². The molecule has 0 amide bonds. The van der Waals surface area contributed by atoms with E-state index in [0.29, 0.717) is 11.1 Å². The van der Waals surface area contributed by atoms with Gasteiger partial charge in [-0.25, -0.2) is 9.59 Å². The van der Waals surface area contributed by atoms with E-state index in [-0.39, 0.29) is 17.5 Å². The maximum atomic E-state index is 12.9. The summed E-state index contributed by atoms with van der Waals surface area (Å²) < 4.78 is 22.3. The Hall–Kier alpha value is -2.74. The molecule has 0 N–H and O–H groups in total. The van der Waals surface area contributed by atoms with Crippen molar-refractivity contribution < 1.29 is 38.1 Å². The number of carbonyl (C=O) groups is 4. The Labute approximate surface area is 173 Å². The highest BCUT2D eigenvalue weighted by atomic mass is 16.7. The molecule has 160 valence electrons. The number of ether oxygens (including phenoxy) is 4. The van der Waals surface area contributed by atoms with E-state index in [2.05, 4.69) is 6.58 Å². The van der Waals surface area contributed by atoms with Crippen LogP contribution in [-0.4, -0.2) is 53.7 Å². The molecule has 4 aliphatic rings. The fourth-order valence-electron chi connectivity index (χ4n) is 4.73. The van der Waals surface area contributed by atoms with Crippen molar-refractivity contribution in [3.8, 4) is 0 Å². The van der Waals surface area contributed by atoms with Gasteiger partial charge in [0.05, 0.1) is 12.0 Å². The molecule has 8 nitrogen and oxygen atoms in total. The van der Waals surface area contributed by atoms with Crippen LogP contribution in [0.1, 0.15) is 34.6 Å². The minimum Gasteiger partial charge on any atom is -0.457 e. The second-order valence-electron chi connectivity index (χ2n) is 8.51. The molecule has 0 aromatic heterocycles. The number of allylic oxidation sites excluding steroid dienone is 1. The molecule has 7 atom stereocenters. The standard InChI is InChI=1S/C22H24O8/c1-8-7-13(24)15-9(2)17(27-12(5)23)19(29-21(26)22(6)11(4)30-22)16-10(3)20(25)28-18(16)14(8)15/h7,11,14,16-19H,3H2,1-2,4-6H3. The molecule has 2 fully saturated rings. The topological polar surface area (TPSA) is 109 Å². The maximum absolute atomic E-state index is 12.9. The van der Waals surface area contributed by atoms with Crippen molar-refractivity contribution >= 4 is 23.7 Å². The van der Waals surface area contributed by atoms with E-state index >= 15 is 0 Å². The third kappa shape index (κ3) is 2.85. The van der Waals surface area contributed by atoms with Gasteiger partial charge in [0.1, 0.15) is 6.10 Å². The van der Waals surface area contributed by atoms with Crippen molar-refractivity contribution in [3.63, 3.8) is 0 Å². The minimum atomic E-state index is -1.12. The van der Waals surface area contributed by atoms with E-state index in [1.54, 1.807) is 27.7 Å². The highest BCUT2D eigenvalue weighted by Crippen LogP contribution is 2.49. The SMILES string of the molecule is C=C1C(=O)OC2C3C(C)=CC(=O)C3=C(C)C(OC(C)=O)C(OC(=O)C3(C)OC3C)C12. The van der Waals surface area contributed by atoms with Gasteiger partial charge in [-0.1, -0.05) is 12.2 Å². The highest BCUT2D eigenvalue weighted by Gasteiger charge is 2.61. The van der Waals surface area contributed by atoms with E-state index in [1.807, 2.05) is 0 Å². The fourth-order valence-corrected chi connectivity index (χ4v) is 4.73. The average Bonchev–Trinajstić information content (AvgIpc) is 3.05. The van der Waals surface area contributed by atoms with Crippen LogP contribution in [0.15, 0.2) is 34.9 Å². The molecular weight excluding hydrogens is 392 g/mol. The Morgan fingerprint density at radius 2 is 1.83 bits per heavy atom. The van der Waals surface area contributed by atoms with E-state index in [4.69, 9.17) is 18.9 Å². The van der Waals surface area contributed by atoms with Crippen LogP contribution in [0.4, 0.5) is 0 Å². The van der Waals surface area contributed by atoms with E-state index < -0.39 is 53.7 Å². The maximum Gasteiger partial charge on any atom is 0.341 e. The van der Waals surface area contributed by atoms with Crippen molar-refractivity contribution in [1.29, 1.82) is 0 Å². The number of fused-ring (bicyclic) bond motifs is 3. The van der Waals surface area contributed by atoms with Crippen molar-refractivity contribution in [2.45, 2.75) is 64.6 Å². The van der Waals surface area contributed by atoms with E-state index in [0.717, 1.165) is 5.57 Å². The first-order valence-corrected chi connectivity index (χ1v) is 9.86. The van der Waals surface area contributed by atoms with Gasteiger partial charge < -0.3 is 18.9 Å². The number of epoxide rings is 1. The smallest absolute Gasteiger partial charge is 0.341 e. The molecule has 30 heavy (non-hydrogen) atoms. The largest absolute Gasteiger partial charge is 0.457 e. The van der Waals surface area contributed by atoms with Crippen LogP contribution < -0.4 is 0 Å². The summed E-state index contributed by atoms with van der Waals surface area (Å²) in [6.07, 6.45) is -1.77. The summed E-state index contributed by atoms with van der Waals surface area (Å²) in [6.45, 7) is 11.9. The molecule has 0 radical (unpaired) electrons. The zero-order chi connectivity index (χ0) is 22.1. The van der Waals surface area contributed by atoms with Crippen molar-refractivity contribution in [2.75, 3.05) is 0 Å². The summed E-state index contributed by atoms with van der Waals surface area (Å²) in [5.74, 6) is -3.40. The predicted octanol–water partition coefficient (Wildman–Crippen LogP) is 1.58. The van der Waals surface area contributed by atoms with Crippen LogP contribution >= 0.6 is 0 Å². The first-order valence-electron chi connectivity index (χ1n) is 9.86. The van der Waals surface area contributed by atoms with Crippen LogP contribution in [0.3, 0.4) is 0 Å². The quantitative estimate of drug-likeness (QED) is 0.295. The molecular formula is C22H24O8. The molecule has 0 aromatic carbocycles. The Morgan fingerprint density at radius 1 is 1.20 bits per heavy atom. The number of carbonyl (C=O) groups excluding carboxylic acids is 4. The number of rotatable bonds is 3. The summed E-state index contributed by atoms with van der Waals surface area (Å²) in [7, 11) is 0. The molecule has 0 aromatic rings. The Balaban J connectivity index is 1.84. The zero-order valence-electron chi connectivity index (χ0n) is 17.5. The number of esters is 3. The van der Waals surface area contributed by atoms with Gasteiger partial charge in [0, 0.05) is 24.0 Å². The monoisotopic (exact) mass is 416 g/mol. The lowest BCUT2D eigenvalue weighted by Gasteiger charge is -2.32. The first kappa shape index (κ1) is 20.5. The molecule has 0 spiro atoms. The molecule has 2 heterocycles. The normalized spacial score (nSPS) is 39.6. The van der Waals surface area contributed by atoms with Crippen LogP contribution in [0.2, 0.25) is 0 Å². The molecule has 4 rings (SSSR count). The number of hydrogen-bond donors (Lipinski definition) is 0.